The minimum absolute atomic E-state index is 0.0824. The molecule has 0 aliphatic heterocycles. The average molecular weight is 498 g/mol. The molecule has 1 N–H and O–H groups in total. The Morgan fingerprint density at radius 1 is 1.03 bits per heavy atom. The summed E-state index contributed by atoms with van der Waals surface area (Å²) in [6, 6.07) is 15.7. The lowest BCUT2D eigenvalue weighted by atomic mass is 10.1. The molecular weight excluding hydrogens is 481 g/mol. The van der Waals surface area contributed by atoms with Gasteiger partial charge in [0.15, 0.2) is 16.8 Å². The van der Waals surface area contributed by atoms with E-state index in [2.05, 4.69) is 20.5 Å². The first-order valence-corrected chi connectivity index (χ1v) is 11.5. The van der Waals surface area contributed by atoms with Gasteiger partial charge in [-0.2, -0.15) is 0 Å². The topological polar surface area (TPSA) is 89.8 Å². The number of pyridine rings is 1. The summed E-state index contributed by atoms with van der Waals surface area (Å²) >= 11 is 13.6. The zero-order chi connectivity index (χ0) is 23.4. The van der Waals surface area contributed by atoms with Crippen LogP contribution in [0.25, 0.3) is 17.1 Å². The van der Waals surface area contributed by atoms with Gasteiger partial charge in [0.2, 0.25) is 5.91 Å². The number of nitrogens with one attached hydrogen (secondary N) is 1. The van der Waals surface area contributed by atoms with Crippen LogP contribution in [-0.2, 0) is 4.79 Å². The minimum Gasteiger partial charge on any atom is -0.326 e. The highest BCUT2D eigenvalue weighted by Gasteiger charge is 2.18. The number of thioether (sulfide) groups is 1. The maximum atomic E-state index is 12.8. The van der Waals surface area contributed by atoms with Gasteiger partial charge >= 0.3 is 0 Å². The lowest BCUT2D eigenvalue weighted by molar-refractivity contribution is -0.114. The summed E-state index contributed by atoms with van der Waals surface area (Å²) in [5.74, 6) is 0.458. The SMILES string of the molecule is CC(=O)Nc1ccc(C(=O)CSc2nnc(-c3cccnc3)n2-c2ccc(Cl)c(Cl)c2)cc1. The number of anilines is 1. The number of benzene rings is 2. The van der Waals surface area contributed by atoms with E-state index >= 15 is 0 Å². The fourth-order valence-corrected chi connectivity index (χ4v) is 4.20. The number of ketones is 1. The number of carbonyl (C=O) groups excluding carboxylic acids is 2. The Labute approximate surface area is 204 Å². The molecule has 2 aromatic heterocycles. The molecule has 0 saturated carbocycles. The highest BCUT2D eigenvalue weighted by molar-refractivity contribution is 7.99. The van der Waals surface area contributed by atoms with Gasteiger partial charge in [0.1, 0.15) is 0 Å². The summed E-state index contributed by atoms with van der Waals surface area (Å²) in [6.07, 6.45) is 3.36. The van der Waals surface area contributed by atoms with Crippen molar-refractivity contribution in [1.29, 1.82) is 0 Å². The summed E-state index contributed by atoms with van der Waals surface area (Å²) in [5, 5.41) is 12.7. The number of Topliss-reactive ketones (excluding diaryl/α,β-unsaturated/α-hetero) is 1. The van der Waals surface area contributed by atoms with Crippen LogP contribution in [0.4, 0.5) is 5.69 Å². The zero-order valence-corrected chi connectivity index (χ0v) is 19.7. The van der Waals surface area contributed by atoms with E-state index in [1.54, 1.807) is 48.8 Å². The molecule has 166 valence electrons. The van der Waals surface area contributed by atoms with Crippen molar-refractivity contribution >= 4 is 52.3 Å². The first-order chi connectivity index (χ1) is 15.9. The first kappa shape index (κ1) is 23.0. The van der Waals surface area contributed by atoms with Crippen molar-refractivity contribution in [1.82, 2.24) is 19.7 Å². The monoisotopic (exact) mass is 497 g/mol. The number of nitrogens with zero attached hydrogens (tertiary/aromatic N) is 4. The predicted molar refractivity (Wildman–Crippen MR) is 130 cm³/mol. The normalized spacial score (nSPS) is 10.8. The Kier molecular flexibility index (Phi) is 7.08. The summed E-state index contributed by atoms with van der Waals surface area (Å²) in [6.45, 7) is 1.43. The van der Waals surface area contributed by atoms with Gasteiger partial charge in [-0.1, -0.05) is 35.0 Å². The van der Waals surface area contributed by atoms with Crippen LogP contribution in [0.5, 0.6) is 0 Å². The summed E-state index contributed by atoms with van der Waals surface area (Å²) in [5.41, 5.74) is 2.64. The van der Waals surface area contributed by atoms with E-state index in [1.165, 1.54) is 18.7 Å². The maximum Gasteiger partial charge on any atom is 0.221 e. The molecule has 2 heterocycles. The second kappa shape index (κ2) is 10.2. The lowest BCUT2D eigenvalue weighted by Gasteiger charge is -2.11. The fourth-order valence-electron chi connectivity index (χ4n) is 3.06. The third-order valence-corrected chi connectivity index (χ3v) is 6.24. The number of aromatic nitrogens is 4. The van der Waals surface area contributed by atoms with Crippen LogP contribution >= 0.6 is 35.0 Å². The van der Waals surface area contributed by atoms with Gasteiger partial charge in [0.05, 0.1) is 21.5 Å². The quantitative estimate of drug-likeness (QED) is 0.265. The first-order valence-electron chi connectivity index (χ1n) is 9.77. The molecule has 0 atom stereocenters. The number of rotatable bonds is 7. The van der Waals surface area contributed by atoms with E-state index in [4.69, 9.17) is 23.2 Å². The largest absolute Gasteiger partial charge is 0.326 e. The summed E-state index contributed by atoms with van der Waals surface area (Å²) in [4.78, 5) is 28.1. The predicted octanol–water partition coefficient (Wildman–Crippen LogP) is 5.57. The van der Waals surface area contributed by atoms with Crippen molar-refractivity contribution in [2.45, 2.75) is 12.1 Å². The van der Waals surface area contributed by atoms with Gasteiger partial charge in [-0.3, -0.25) is 19.1 Å². The second-order valence-corrected chi connectivity index (χ2v) is 8.71. The van der Waals surface area contributed by atoms with Crippen LogP contribution in [0.3, 0.4) is 0 Å². The molecule has 4 rings (SSSR count). The van der Waals surface area contributed by atoms with Gasteiger partial charge < -0.3 is 5.32 Å². The number of halogens is 2. The van der Waals surface area contributed by atoms with E-state index in [0.717, 1.165) is 5.56 Å². The molecule has 0 unspecified atom stereocenters. The summed E-state index contributed by atoms with van der Waals surface area (Å²) < 4.78 is 1.82. The molecule has 0 saturated heterocycles. The molecule has 0 fully saturated rings. The van der Waals surface area contributed by atoms with Crippen molar-refractivity contribution < 1.29 is 9.59 Å². The third-order valence-electron chi connectivity index (χ3n) is 4.57. The van der Waals surface area contributed by atoms with Crippen molar-refractivity contribution in [2.75, 3.05) is 11.1 Å². The molecule has 0 radical (unpaired) electrons. The molecule has 0 aliphatic carbocycles. The number of hydrogen-bond donors (Lipinski definition) is 1. The van der Waals surface area contributed by atoms with Crippen LogP contribution in [0.1, 0.15) is 17.3 Å². The Hall–Kier alpha value is -3.20. The van der Waals surface area contributed by atoms with Crippen molar-refractivity contribution in [2.24, 2.45) is 0 Å². The van der Waals surface area contributed by atoms with Gasteiger partial charge in [-0.25, -0.2) is 0 Å². The highest BCUT2D eigenvalue weighted by Crippen LogP contribution is 2.31. The van der Waals surface area contributed by atoms with E-state index in [9.17, 15) is 9.59 Å². The van der Waals surface area contributed by atoms with E-state index in [-0.39, 0.29) is 17.4 Å². The Balaban J connectivity index is 1.61. The van der Waals surface area contributed by atoms with Crippen LogP contribution in [0.15, 0.2) is 72.1 Å². The number of carbonyl (C=O) groups is 2. The molecule has 10 heteroatoms. The Bertz CT molecular complexity index is 1310. The summed E-state index contributed by atoms with van der Waals surface area (Å²) in [7, 11) is 0. The van der Waals surface area contributed by atoms with Gasteiger partial charge in [-0.15, -0.1) is 10.2 Å². The van der Waals surface area contributed by atoms with Crippen LogP contribution in [0.2, 0.25) is 10.0 Å². The van der Waals surface area contributed by atoms with E-state index < -0.39 is 0 Å². The van der Waals surface area contributed by atoms with Gasteiger partial charge in [-0.05, 0) is 54.6 Å². The Morgan fingerprint density at radius 3 is 2.48 bits per heavy atom. The number of amides is 1. The van der Waals surface area contributed by atoms with E-state index in [1.807, 2.05) is 22.8 Å². The van der Waals surface area contributed by atoms with Gasteiger partial charge in [0, 0.05) is 36.1 Å². The van der Waals surface area contributed by atoms with Gasteiger partial charge in [0.25, 0.3) is 0 Å². The molecular formula is C23H17Cl2N5O2S. The molecule has 0 spiro atoms. The smallest absolute Gasteiger partial charge is 0.221 e. The average Bonchev–Trinajstić information content (AvgIpc) is 3.24. The standard InChI is InChI=1S/C23H17Cl2N5O2S/c1-14(31)27-17-6-4-15(5-7-17)21(32)13-33-23-29-28-22(16-3-2-10-26-12-16)30(23)18-8-9-19(24)20(25)11-18/h2-12H,13H2,1H3,(H,27,31). The molecule has 7 nitrogen and oxygen atoms in total. The Morgan fingerprint density at radius 2 is 1.82 bits per heavy atom. The highest BCUT2D eigenvalue weighted by atomic mass is 35.5. The number of hydrogen-bond acceptors (Lipinski definition) is 6. The molecule has 33 heavy (non-hydrogen) atoms. The minimum atomic E-state index is -0.171. The fraction of sp³-hybridized carbons (Fsp3) is 0.0870. The van der Waals surface area contributed by atoms with Crippen molar-refractivity contribution in [3.8, 4) is 17.1 Å². The van der Waals surface area contributed by atoms with Crippen LogP contribution in [0, 0.1) is 0 Å². The molecule has 1 amide bonds. The maximum absolute atomic E-state index is 12.8. The second-order valence-electron chi connectivity index (χ2n) is 6.95. The molecule has 0 aliphatic rings. The van der Waals surface area contributed by atoms with Crippen molar-refractivity contribution in [3.05, 3.63) is 82.6 Å². The molecule has 2 aromatic carbocycles. The molecule has 0 bridgehead atoms. The lowest BCUT2D eigenvalue weighted by Crippen LogP contribution is -2.07. The van der Waals surface area contributed by atoms with Crippen LogP contribution in [-0.4, -0.2) is 37.2 Å². The van der Waals surface area contributed by atoms with E-state index in [0.29, 0.717) is 38.0 Å². The van der Waals surface area contributed by atoms with Crippen molar-refractivity contribution in [3.63, 3.8) is 0 Å². The van der Waals surface area contributed by atoms with Crippen LogP contribution < -0.4 is 5.32 Å². The third kappa shape index (κ3) is 5.42. The molecule has 4 aromatic rings. The zero-order valence-electron chi connectivity index (χ0n) is 17.3.